The number of carbonyl (C=O) groups excluding carboxylic acids is 2. The molecule has 3 rings (SSSR count). The normalized spacial score (nSPS) is 18.9. The Labute approximate surface area is 167 Å². The second-order valence-electron chi connectivity index (χ2n) is 8.80. The minimum absolute atomic E-state index is 0.0492. The van der Waals surface area contributed by atoms with Crippen LogP contribution >= 0.6 is 0 Å². The van der Waals surface area contributed by atoms with E-state index in [0.29, 0.717) is 39.1 Å². The third kappa shape index (κ3) is 4.78. The van der Waals surface area contributed by atoms with Crippen LogP contribution in [-0.4, -0.2) is 43.0 Å². The van der Waals surface area contributed by atoms with Crippen LogP contribution in [-0.2, 0) is 9.59 Å². The molecule has 2 aliphatic heterocycles. The molecule has 2 amide bonds. The van der Waals surface area contributed by atoms with E-state index < -0.39 is 0 Å². The first-order chi connectivity index (χ1) is 13.3. The van der Waals surface area contributed by atoms with Gasteiger partial charge in [-0.1, -0.05) is 26.8 Å². The number of nitrogens with one attached hydrogen (secondary N) is 1. The van der Waals surface area contributed by atoms with Gasteiger partial charge in [-0.2, -0.15) is 0 Å². The first kappa shape index (κ1) is 20.5. The van der Waals surface area contributed by atoms with E-state index in [1.807, 2.05) is 50.8 Å². The van der Waals surface area contributed by atoms with E-state index in [2.05, 4.69) is 5.32 Å². The zero-order valence-corrected chi connectivity index (χ0v) is 17.4. The quantitative estimate of drug-likeness (QED) is 0.863. The van der Waals surface area contributed by atoms with E-state index in [-0.39, 0.29) is 29.2 Å². The van der Waals surface area contributed by atoms with Crippen LogP contribution in [0.3, 0.4) is 0 Å². The molecule has 1 aromatic rings. The van der Waals surface area contributed by atoms with Gasteiger partial charge in [0, 0.05) is 30.8 Å². The van der Waals surface area contributed by atoms with E-state index >= 15 is 0 Å². The van der Waals surface area contributed by atoms with E-state index in [1.54, 1.807) is 0 Å². The fourth-order valence-corrected chi connectivity index (χ4v) is 3.68. The molecule has 1 saturated heterocycles. The first-order valence-corrected chi connectivity index (χ1v) is 10.2. The van der Waals surface area contributed by atoms with Crippen LogP contribution < -0.4 is 14.8 Å². The first-order valence-electron chi connectivity index (χ1n) is 10.2. The summed E-state index contributed by atoms with van der Waals surface area (Å²) in [7, 11) is 0. The Morgan fingerprint density at radius 1 is 1.11 bits per heavy atom. The minimum atomic E-state index is -0.374. The monoisotopic (exact) mass is 388 g/mol. The molecular weight excluding hydrogens is 356 g/mol. The molecule has 1 fully saturated rings. The Morgan fingerprint density at radius 3 is 2.39 bits per heavy atom. The maximum atomic E-state index is 12.7. The molecule has 0 bridgehead atoms. The Hall–Kier alpha value is -2.24. The molecule has 1 unspecified atom stereocenters. The lowest BCUT2D eigenvalue weighted by molar-refractivity contribution is -0.142. The number of fused-ring (bicyclic) bond motifs is 1. The zero-order valence-electron chi connectivity index (χ0n) is 17.4. The van der Waals surface area contributed by atoms with E-state index in [0.717, 1.165) is 23.5 Å². The lowest BCUT2D eigenvalue weighted by Crippen LogP contribution is -2.46. The molecular formula is C22H32N2O4. The number of amides is 2. The van der Waals surface area contributed by atoms with Crippen molar-refractivity contribution in [2.45, 2.75) is 53.0 Å². The molecule has 0 spiro atoms. The summed E-state index contributed by atoms with van der Waals surface area (Å²) in [5.74, 6) is 1.67. The van der Waals surface area contributed by atoms with Crippen LogP contribution in [0.4, 0.5) is 0 Å². The highest BCUT2D eigenvalue weighted by Gasteiger charge is 2.32. The topological polar surface area (TPSA) is 67.9 Å². The molecule has 6 nitrogen and oxygen atoms in total. The molecule has 1 aromatic carbocycles. The molecule has 0 radical (unpaired) electrons. The number of nitrogens with zero attached hydrogens (tertiary/aromatic N) is 1. The number of hydrogen-bond donors (Lipinski definition) is 1. The van der Waals surface area contributed by atoms with Crippen LogP contribution in [0, 0.1) is 11.3 Å². The molecule has 0 aliphatic carbocycles. The Morgan fingerprint density at radius 2 is 1.75 bits per heavy atom. The zero-order chi connectivity index (χ0) is 20.3. The summed E-state index contributed by atoms with van der Waals surface area (Å²) in [6, 6.07) is 5.73. The highest BCUT2D eigenvalue weighted by molar-refractivity contribution is 5.83. The maximum Gasteiger partial charge on any atom is 0.227 e. The molecule has 2 heterocycles. The smallest absolute Gasteiger partial charge is 0.227 e. The van der Waals surface area contributed by atoms with Gasteiger partial charge in [0.1, 0.15) is 0 Å². The van der Waals surface area contributed by atoms with Crippen LogP contribution in [0.2, 0.25) is 0 Å². The SMILES string of the molecule is CC(NC(=O)C1CCN(C(=O)C(C)(C)C)CC1)c1ccc2c(c1)OCCCO2. The van der Waals surface area contributed by atoms with Crippen molar-refractivity contribution in [3.8, 4) is 11.5 Å². The summed E-state index contributed by atoms with van der Waals surface area (Å²) in [4.78, 5) is 27.0. The number of likely N-dealkylation sites (tertiary alicyclic amines) is 1. The lowest BCUT2D eigenvalue weighted by Gasteiger charge is -2.35. The van der Waals surface area contributed by atoms with Crippen molar-refractivity contribution in [3.05, 3.63) is 23.8 Å². The molecule has 0 saturated carbocycles. The van der Waals surface area contributed by atoms with Crippen molar-refractivity contribution in [1.82, 2.24) is 10.2 Å². The largest absolute Gasteiger partial charge is 0.490 e. The van der Waals surface area contributed by atoms with Gasteiger partial charge in [0.05, 0.1) is 19.3 Å². The molecule has 154 valence electrons. The number of rotatable bonds is 3. The van der Waals surface area contributed by atoms with Crippen LogP contribution in [0.25, 0.3) is 0 Å². The van der Waals surface area contributed by atoms with Crippen molar-refractivity contribution >= 4 is 11.8 Å². The van der Waals surface area contributed by atoms with Gasteiger partial charge in [-0.25, -0.2) is 0 Å². The maximum absolute atomic E-state index is 12.7. The van der Waals surface area contributed by atoms with Crippen LogP contribution in [0.5, 0.6) is 11.5 Å². The molecule has 0 aromatic heterocycles. The summed E-state index contributed by atoms with van der Waals surface area (Å²) < 4.78 is 11.4. The van der Waals surface area contributed by atoms with E-state index in [9.17, 15) is 9.59 Å². The van der Waals surface area contributed by atoms with Gasteiger partial charge in [-0.05, 0) is 37.5 Å². The predicted octanol–water partition coefficient (Wildman–Crippen LogP) is 3.31. The third-order valence-electron chi connectivity index (χ3n) is 5.42. The third-order valence-corrected chi connectivity index (χ3v) is 5.42. The van der Waals surface area contributed by atoms with Crippen LogP contribution in [0.15, 0.2) is 18.2 Å². The van der Waals surface area contributed by atoms with E-state index in [4.69, 9.17) is 9.47 Å². The number of hydrogen-bond acceptors (Lipinski definition) is 4. The number of ether oxygens (including phenoxy) is 2. The Balaban J connectivity index is 1.55. The summed E-state index contributed by atoms with van der Waals surface area (Å²) in [6.45, 7) is 10.4. The van der Waals surface area contributed by atoms with Crippen molar-refractivity contribution in [1.29, 1.82) is 0 Å². The number of carbonyl (C=O) groups is 2. The summed E-state index contributed by atoms with van der Waals surface area (Å²) in [6.07, 6.45) is 2.29. The Kier molecular flexibility index (Phi) is 6.16. The van der Waals surface area contributed by atoms with Crippen molar-refractivity contribution in [3.63, 3.8) is 0 Å². The van der Waals surface area contributed by atoms with Crippen molar-refractivity contribution < 1.29 is 19.1 Å². The van der Waals surface area contributed by atoms with E-state index in [1.165, 1.54) is 0 Å². The predicted molar refractivity (Wildman–Crippen MR) is 107 cm³/mol. The average Bonchev–Trinajstić information content (AvgIpc) is 2.91. The minimum Gasteiger partial charge on any atom is -0.490 e. The highest BCUT2D eigenvalue weighted by atomic mass is 16.5. The standard InChI is InChI=1S/C22H32N2O4/c1-15(17-6-7-18-19(14-17)28-13-5-12-27-18)23-20(25)16-8-10-24(11-9-16)21(26)22(2,3)4/h6-7,14-16H,5,8-13H2,1-4H3,(H,23,25). The summed E-state index contributed by atoms with van der Waals surface area (Å²) in [5.41, 5.74) is 0.624. The van der Waals surface area contributed by atoms with Gasteiger partial charge in [-0.3, -0.25) is 9.59 Å². The second-order valence-corrected chi connectivity index (χ2v) is 8.80. The van der Waals surface area contributed by atoms with Crippen LogP contribution in [0.1, 0.15) is 58.6 Å². The molecule has 28 heavy (non-hydrogen) atoms. The van der Waals surface area contributed by atoms with Crippen molar-refractivity contribution in [2.24, 2.45) is 11.3 Å². The fraction of sp³-hybridized carbons (Fsp3) is 0.636. The lowest BCUT2D eigenvalue weighted by atomic mass is 9.90. The average molecular weight is 389 g/mol. The highest BCUT2D eigenvalue weighted by Crippen LogP contribution is 2.32. The number of piperidine rings is 1. The second kappa shape index (κ2) is 8.41. The Bertz CT molecular complexity index is 718. The number of benzene rings is 1. The molecule has 1 N–H and O–H groups in total. The molecule has 1 atom stereocenters. The van der Waals surface area contributed by atoms with Crippen molar-refractivity contribution in [2.75, 3.05) is 26.3 Å². The van der Waals surface area contributed by atoms with Gasteiger partial charge >= 0.3 is 0 Å². The molecule has 6 heteroatoms. The van der Waals surface area contributed by atoms with Gasteiger partial charge in [-0.15, -0.1) is 0 Å². The van der Waals surface area contributed by atoms with Gasteiger partial charge in [0.15, 0.2) is 11.5 Å². The van der Waals surface area contributed by atoms with Gasteiger partial charge < -0.3 is 19.7 Å². The summed E-state index contributed by atoms with van der Waals surface area (Å²) in [5, 5.41) is 3.12. The molecule has 2 aliphatic rings. The fourth-order valence-electron chi connectivity index (χ4n) is 3.68. The van der Waals surface area contributed by atoms with Gasteiger partial charge in [0.25, 0.3) is 0 Å². The summed E-state index contributed by atoms with van der Waals surface area (Å²) >= 11 is 0. The van der Waals surface area contributed by atoms with Gasteiger partial charge in [0.2, 0.25) is 11.8 Å².